The van der Waals surface area contributed by atoms with E-state index in [1.807, 2.05) is 0 Å². The van der Waals surface area contributed by atoms with Gasteiger partial charge >= 0.3 is 0 Å². The van der Waals surface area contributed by atoms with Gasteiger partial charge < -0.3 is 15.4 Å². The van der Waals surface area contributed by atoms with Crippen molar-refractivity contribution in [1.82, 2.24) is 15.5 Å². The Bertz CT molecular complexity index is 557. The lowest BCUT2D eigenvalue weighted by molar-refractivity contribution is 0.0383. The van der Waals surface area contributed by atoms with Gasteiger partial charge in [-0.2, -0.15) is 0 Å². The molecule has 1 fully saturated rings. The summed E-state index contributed by atoms with van der Waals surface area (Å²) in [6.45, 7) is 7.52. The fraction of sp³-hybridized carbons (Fsp3) is 0.579. The molecule has 2 amide bonds. The van der Waals surface area contributed by atoms with Crippen LogP contribution in [-0.2, 0) is 4.74 Å². The Balaban J connectivity index is 1.78. The summed E-state index contributed by atoms with van der Waals surface area (Å²) in [6.07, 6.45) is 3.20. The molecule has 25 heavy (non-hydrogen) atoms. The summed E-state index contributed by atoms with van der Waals surface area (Å²) < 4.78 is 5.31. The molecule has 2 N–H and O–H groups in total. The van der Waals surface area contributed by atoms with Gasteiger partial charge in [-0.25, -0.2) is 0 Å². The zero-order chi connectivity index (χ0) is 17.9. The third kappa shape index (κ3) is 6.84. The number of carbonyl (C=O) groups is 2. The predicted octanol–water partition coefficient (Wildman–Crippen LogP) is 1.67. The number of morpholine rings is 1. The summed E-state index contributed by atoms with van der Waals surface area (Å²) in [4.78, 5) is 26.7. The molecule has 138 valence electrons. The molecular weight excluding hydrogens is 318 g/mol. The minimum absolute atomic E-state index is 0.126. The molecular formula is C19H29N3O3. The summed E-state index contributed by atoms with van der Waals surface area (Å²) in [5.41, 5.74) is 1.04. The van der Waals surface area contributed by atoms with Crippen LogP contribution in [0, 0.1) is 0 Å². The van der Waals surface area contributed by atoms with E-state index in [0.717, 1.165) is 52.1 Å². The Hall–Kier alpha value is -1.92. The second kappa shape index (κ2) is 10.8. The number of rotatable bonds is 9. The molecule has 1 saturated heterocycles. The SMILES string of the molecule is CCCCCNC(=O)c1cccc(C(=O)NCCN2CCOCC2)c1. The molecule has 0 saturated carbocycles. The van der Waals surface area contributed by atoms with Gasteiger partial charge in [-0.15, -0.1) is 0 Å². The van der Waals surface area contributed by atoms with Crippen molar-refractivity contribution in [1.29, 1.82) is 0 Å². The molecule has 0 aromatic heterocycles. The number of nitrogens with one attached hydrogen (secondary N) is 2. The lowest BCUT2D eigenvalue weighted by atomic mass is 10.1. The molecule has 0 bridgehead atoms. The van der Waals surface area contributed by atoms with E-state index in [-0.39, 0.29) is 11.8 Å². The number of carbonyl (C=O) groups excluding carboxylic acids is 2. The first-order chi connectivity index (χ1) is 12.2. The summed E-state index contributed by atoms with van der Waals surface area (Å²) in [7, 11) is 0. The largest absolute Gasteiger partial charge is 0.379 e. The quantitative estimate of drug-likeness (QED) is 0.667. The van der Waals surface area contributed by atoms with E-state index in [9.17, 15) is 9.59 Å². The molecule has 1 aliphatic rings. The Kier molecular flexibility index (Phi) is 8.42. The lowest BCUT2D eigenvalue weighted by Crippen LogP contribution is -2.41. The van der Waals surface area contributed by atoms with E-state index in [0.29, 0.717) is 24.2 Å². The molecule has 2 rings (SSSR count). The molecule has 6 heteroatoms. The van der Waals surface area contributed by atoms with Crippen molar-refractivity contribution in [3.8, 4) is 0 Å². The van der Waals surface area contributed by atoms with Crippen molar-refractivity contribution in [2.24, 2.45) is 0 Å². The van der Waals surface area contributed by atoms with Crippen LogP contribution in [0.15, 0.2) is 24.3 Å². The molecule has 1 aromatic rings. The first kappa shape index (κ1) is 19.4. The summed E-state index contributed by atoms with van der Waals surface area (Å²) in [5.74, 6) is -0.270. The van der Waals surface area contributed by atoms with Gasteiger partial charge in [0.05, 0.1) is 13.2 Å². The van der Waals surface area contributed by atoms with Gasteiger partial charge in [0.2, 0.25) is 0 Å². The molecule has 0 atom stereocenters. The summed E-state index contributed by atoms with van der Waals surface area (Å²) in [5, 5.41) is 5.82. The number of hydrogen-bond acceptors (Lipinski definition) is 4. The Morgan fingerprint density at radius 2 is 1.68 bits per heavy atom. The third-order valence-electron chi connectivity index (χ3n) is 4.27. The van der Waals surface area contributed by atoms with Gasteiger partial charge in [0.25, 0.3) is 11.8 Å². The Morgan fingerprint density at radius 1 is 1.04 bits per heavy atom. The zero-order valence-corrected chi connectivity index (χ0v) is 15.1. The van der Waals surface area contributed by atoms with Crippen LogP contribution in [0.25, 0.3) is 0 Å². The molecule has 1 aliphatic heterocycles. The smallest absolute Gasteiger partial charge is 0.251 e. The van der Waals surface area contributed by atoms with Crippen molar-refractivity contribution >= 4 is 11.8 Å². The van der Waals surface area contributed by atoms with E-state index in [1.165, 1.54) is 0 Å². The van der Waals surface area contributed by atoms with Crippen LogP contribution in [0.1, 0.15) is 46.9 Å². The second-order valence-corrected chi connectivity index (χ2v) is 6.25. The average molecular weight is 347 g/mol. The average Bonchev–Trinajstić information content (AvgIpc) is 2.66. The van der Waals surface area contributed by atoms with Crippen molar-refractivity contribution in [2.75, 3.05) is 45.9 Å². The van der Waals surface area contributed by atoms with Gasteiger partial charge in [0.15, 0.2) is 0 Å². The molecule has 6 nitrogen and oxygen atoms in total. The first-order valence-corrected chi connectivity index (χ1v) is 9.17. The standard InChI is InChI=1S/C19H29N3O3/c1-2-3-4-8-20-18(23)16-6-5-7-17(15-16)19(24)21-9-10-22-11-13-25-14-12-22/h5-7,15H,2-4,8-14H2,1H3,(H,20,23)(H,21,24). The van der Waals surface area contributed by atoms with Crippen molar-refractivity contribution in [3.63, 3.8) is 0 Å². The highest BCUT2D eigenvalue weighted by atomic mass is 16.5. The summed E-state index contributed by atoms with van der Waals surface area (Å²) in [6, 6.07) is 6.87. The highest BCUT2D eigenvalue weighted by Crippen LogP contribution is 2.06. The molecule has 0 aliphatic carbocycles. The van der Waals surface area contributed by atoms with Crippen molar-refractivity contribution in [3.05, 3.63) is 35.4 Å². The normalized spacial score (nSPS) is 14.9. The van der Waals surface area contributed by atoms with Gasteiger partial charge in [-0.1, -0.05) is 25.8 Å². The minimum Gasteiger partial charge on any atom is -0.379 e. The van der Waals surface area contributed by atoms with Crippen LogP contribution < -0.4 is 10.6 Å². The number of ether oxygens (including phenoxy) is 1. The van der Waals surface area contributed by atoms with Crippen LogP contribution in [0.2, 0.25) is 0 Å². The highest BCUT2D eigenvalue weighted by Gasteiger charge is 2.12. The fourth-order valence-corrected chi connectivity index (χ4v) is 2.74. The van der Waals surface area contributed by atoms with Gasteiger partial charge in [-0.3, -0.25) is 14.5 Å². The molecule has 1 heterocycles. The Labute approximate surface area is 149 Å². The van der Waals surface area contributed by atoms with Gasteiger partial charge in [0, 0.05) is 43.9 Å². The number of benzene rings is 1. The number of unbranched alkanes of at least 4 members (excludes halogenated alkanes) is 2. The van der Waals surface area contributed by atoms with E-state index < -0.39 is 0 Å². The predicted molar refractivity (Wildman–Crippen MR) is 97.9 cm³/mol. The molecule has 0 unspecified atom stereocenters. The monoisotopic (exact) mass is 347 g/mol. The Morgan fingerprint density at radius 3 is 2.32 bits per heavy atom. The summed E-state index contributed by atoms with van der Waals surface area (Å²) >= 11 is 0. The van der Waals surface area contributed by atoms with E-state index in [1.54, 1.807) is 24.3 Å². The van der Waals surface area contributed by atoms with Crippen molar-refractivity contribution in [2.45, 2.75) is 26.2 Å². The maximum atomic E-state index is 12.3. The molecule has 0 radical (unpaired) electrons. The lowest BCUT2D eigenvalue weighted by Gasteiger charge is -2.26. The van der Waals surface area contributed by atoms with Crippen LogP contribution in [0.3, 0.4) is 0 Å². The maximum Gasteiger partial charge on any atom is 0.251 e. The number of nitrogens with zero attached hydrogens (tertiary/aromatic N) is 1. The fourth-order valence-electron chi connectivity index (χ4n) is 2.74. The van der Waals surface area contributed by atoms with Crippen molar-refractivity contribution < 1.29 is 14.3 Å². The second-order valence-electron chi connectivity index (χ2n) is 6.25. The van der Waals surface area contributed by atoms with Crippen LogP contribution in [0.4, 0.5) is 0 Å². The molecule has 0 spiro atoms. The minimum atomic E-state index is -0.145. The van der Waals surface area contributed by atoms with E-state index >= 15 is 0 Å². The maximum absolute atomic E-state index is 12.3. The van der Waals surface area contributed by atoms with Gasteiger partial charge in [0.1, 0.15) is 0 Å². The topological polar surface area (TPSA) is 70.7 Å². The zero-order valence-electron chi connectivity index (χ0n) is 15.1. The van der Waals surface area contributed by atoms with Crippen LogP contribution >= 0.6 is 0 Å². The van der Waals surface area contributed by atoms with Crippen LogP contribution in [0.5, 0.6) is 0 Å². The first-order valence-electron chi connectivity index (χ1n) is 9.17. The van der Waals surface area contributed by atoms with E-state index in [2.05, 4.69) is 22.5 Å². The molecule has 1 aromatic carbocycles. The number of amides is 2. The third-order valence-corrected chi connectivity index (χ3v) is 4.27. The van der Waals surface area contributed by atoms with Gasteiger partial charge in [-0.05, 0) is 24.6 Å². The van der Waals surface area contributed by atoms with E-state index in [4.69, 9.17) is 4.74 Å². The van der Waals surface area contributed by atoms with Crippen LogP contribution in [-0.4, -0.2) is 62.7 Å². The highest BCUT2D eigenvalue weighted by molar-refractivity contribution is 5.99. The number of hydrogen-bond donors (Lipinski definition) is 2.